The monoisotopic (exact) mass is 340 g/mol. The maximum absolute atomic E-state index is 10.00. The van der Waals surface area contributed by atoms with Crippen molar-refractivity contribution < 1.29 is 19.8 Å². The van der Waals surface area contributed by atoms with Crippen LogP contribution in [0.5, 0.6) is 5.75 Å². The van der Waals surface area contributed by atoms with Crippen LogP contribution in [0.4, 0.5) is 0 Å². The molecule has 24 heavy (non-hydrogen) atoms. The van der Waals surface area contributed by atoms with Gasteiger partial charge in [0.25, 0.3) is 5.09 Å². The molecule has 0 aromatic heterocycles. The first-order chi connectivity index (χ1) is 11.5. The van der Waals surface area contributed by atoms with Gasteiger partial charge in [0.05, 0.1) is 6.61 Å². The molecule has 1 unspecified atom stereocenters. The molecule has 1 atom stereocenters. The van der Waals surface area contributed by atoms with E-state index in [1.54, 1.807) is 0 Å². The largest absolute Gasteiger partial charge is 0.491 e. The molecule has 0 fully saturated rings. The van der Waals surface area contributed by atoms with E-state index >= 15 is 0 Å². The van der Waals surface area contributed by atoms with Gasteiger partial charge in [0.1, 0.15) is 18.5 Å². The lowest BCUT2D eigenvalue weighted by molar-refractivity contribution is -0.757. The molecule has 7 nitrogen and oxygen atoms in total. The third kappa shape index (κ3) is 10.0. The molecule has 1 rings (SSSR count). The first-order valence-electron chi connectivity index (χ1n) is 8.38. The number of ether oxygens (including phenoxy) is 1. The van der Waals surface area contributed by atoms with E-state index in [-0.39, 0.29) is 13.2 Å². The Balaban J connectivity index is 2.17. The summed E-state index contributed by atoms with van der Waals surface area (Å²) in [5, 5.41) is 22.2. The van der Waals surface area contributed by atoms with Crippen molar-refractivity contribution in [3.05, 3.63) is 39.9 Å². The van der Waals surface area contributed by atoms with Gasteiger partial charge in [0.15, 0.2) is 0 Å². The lowest BCUT2D eigenvalue weighted by atomic mass is 10.1. The summed E-state index contributed by atoms with van der Waals surface area (Å²) < 4.78 is 5.56. The fraction of sp³-hybridized carbons (Fsp3) is 0.647. The summed E-state index contributed by atoms with van der Waals surface area (Å²) in [5.41, 5.74) is 1.19. The van der Waals surface area contributed by atoms with E-state index in [4.69, 9.17) is 4.74 Å². The summed E-state index contributed by atoms with van der Waals surface area (Å²) in [5.74, 6) is 0.738. The third-order valence-corrected chi connectivity index (χ3v) is 3.43. The van der Waals surface area contributed by atoms with Crippen LogP contribution in [0, 0.1) is 10.1 Å². The highest BCUT2D eigenvalue weighted by molar-refractivity contribution is 5.27. The molecule has 0 saturated carbocycles. The zero-order chi connectivity index (χ0) is 17.8. The summed E-state index contributed by atoms with van der Waals surface area (Å²) >= 11 is 0. The van der Waals surface area contributed by atoms with Gasteiger partial charge < -0.3 is 20.0 Å². The Morgan fingerprint density at radius 2 is 1.92 bits per heavy atom. The average molecular weight is 340 g/mol. The van der Waals surface area contributed by atoms with Crippen LogP contribution in [-0.2, 0) is 11.3 Å². The maximum atomic E-state index is 10.00. The molecule has 7 heteroatoms. The van der Waals surface area contributed by atoms with Gasteiger partial charge in [0, 0.05) is 12.6 Å². The molecular formula is C17H28N2O5. The number of hydrogen-bond donors (Lipinski definition) is 2. The van der Waals surface area contributed by atoms with Gasteiger partial charge in [-0.15, -0.1) is 10.1 Å². The zero-order valence-corrected chi connectivity index (χ0v) is 14.4. The Bertz CT molecular complexity index is 465. The summed E-state index contributed by atoms with van der Waals surface area (Å²) in [7, 11) is 0. The SMILES string of the molecule is CC(C)NCC(O)COc1ccc(CCCCCO[N+](=O)[O-])cc1. The summed E-state index contributed by atoms with van der Waals surface area (Å²) in [6.45, 7) is 4.99. The van der Waals surface area contributed by atoms with Crippen molar-refractivity contribution in [3.63, 3.8) is 0 Å². The fourth-order valence-electron chi connectivity index (χ4n) is 2.12. The lowest BCUT2D eigenvalue weighted by Crippen LogP contribution is -2.35. The molecule has 0 spiro atoms. The number of aliphatic hydroxyl groups is 1. The highest BCUT2D eigenvalue weighted by Crippen LogP contribution is 2.14. The van der Waals surface area contributed by atoms with Crippen molar-refractivity contribution in [2.24, 2.45) is 0 Å². The topological polar surface area (TPSA) is 93.9 Å². The molecule has 1 aromatic carbocycles. The van der Waals surface area contributed by atoms with Gasteiger partial charge in [-0.2, -0.15) is 0 Å². The second kappa shape index (κ2) is 11.6. The standard InChI is InChI=1S/C17H28N2O5/c1-14(2)18-12-16(20)13-23-17-9-7-15(8-10-17)6-4-3-5-11-24-19(21)22/h7-10,14,16,18,20H,3-6,11-13H2,1-2H3. The molecule has 0 aliphatic rings. The van der Waals surface area contributed by atoms with Crippen molar-refractivity contribution in [2.75, 3.05) is 19.8 Å². The van der Waals surface area contributed by atoms with E-state index in [0.29, 0.717) is 19.0 Å². The van der Waals surface area contributed by atoms with Crippen LogP contribution >= 0.6 is 0 Å². The molecule has 0 radical (unpaired) electrons. The number of unbranched alkanes of at least 4 members (excludes halogenated alkanes) is 2. The minimum atomic E-state index is -0.755. The van der Waals surface area contributed by atoms with Crippen molar-refractivity contribution in [1.29, 1.82) is 0 Å². The number of aryl methyl sites for hydroxylation is 1. The van der Waals surface area contributed by atoms with E-state index in [1.165, 1.54) is 5.56 Å². The molecule has 0 aliphatic heterocycles. The first kappa shape index (κ1) is 20.2. The van der Waals surface area contributed by atoms with Crippen molar-refractivity contribution in [1.82, 2.24) is 5.32 Å². The quantitative estimate of drug-likeness (QED) is 0.325. The second-order valence-corrected chi connectivity index (χ2v) is 6.04. The summed E-state index contributed by atoms with van der Waals surface area (Å²) in [6.07, 6.45) is 2.92. The van der Waals surface area contributed by atoms with E-state index in [0.717, 1.165) is 25.0 Å². The number of rotatable bonds is 13. The Kier molecular flexibility index (Phi) is 9.79. The molecule has 0 bridgehead atoms. The number of hydrogen-bond acceptors (Lipinski definition) is 6. The van der Waals surface area contributed by atoms with Crippen LogP contribution in [0.25, 0.3) is 0 Å². The smallest absolute Gasteiger partial charge is 0.294 e. The minimum absolute atomic E-state index is 0.160. The first-order valence-corrected chi connectivity index (χ1v) is 8.38. The van der Waals surface area contributed by atoms with Crippen LogP contribution in [0.15, 0.2) is 24.3 Å². The molecule has 0 saturated heterocycles. The van der Waals surface area contributed by atoms with Crippen LogP contribution in [0.3, 0.4) is 0 Å². The predicted octanol–water partition coefficient (Wildman–Crippen LogP) is 2.35. The second-order valence-electron chi connectivity index (χ2n) is 6.04. The number of aliphatic hydroxyl groups excluding tert-OH is 1. The van der Waals surface area contributed by atoms with Crippen LogP contribution < -0.4 is 10.1 Å². The van der Waals surface area contributed by atoms with Gasteiger partial charge in [-0.3, -0.25) is 0 Å². The number of nitrogens with one attached hydrogen (secondary N) is 1. The zero-order valence-electron chi connectivity index (χ0n) is 14.4. The molecule has 0 aliphatic carbocycles. The van der Waals surface area contributed by atoms with Crippen molar-refractivity contribution in [3.8, 4) is 5.75 Å². The van der Waals surface area contributed by atoms with Gasteiger partial charge in [-0.1, -0.05) is 32.4 Å². The van der Waals surface area contributed by atoms with E-state index in [2.05, 4.69) is 10.2 Å². The number of nitrogens with zero attached hydrogens (tertiary/aromatic N) is 1. The highest BCUT2D eigenvalue weighted by Gasteiger charge is 2.06. The van der Waals surface area contributed by atoms with Crippen LogP contribution in [0.2, 0.25) is 0 Å². The predicted molar refractivity (Wildman–Crippen MR) is 91.6 cm³/mol. The van der Waals surface area contributed by atoms with Crippen LogP contribution in [-0.4, -0.2) is 42.1 Å². The van der Waals surface area contributed by atoms with Gasteiger partial charge in [-0.05, 0) is 37.0 Å². The molecule has 1 aromatic rings. The Morgan fingerprint density at radius 1 is 1.21 bits per heavy atom. The highest BCUT2D eigenvalue weighted by atomic mass is 16.9. The third-order valence-electron chi connectivity index (χ3n) is 3.43. The molecule has 0 amide bonds. The Labute approximate surface area is 143 Å². The molecule has 0 heterocycles. The van der Waals surface area contributed by atoms with Gasteiger partial charge in [-0.25, -0.2) is 0 Å². The lowest BCUT2D eigenvalue weighted by Gasteiger charge is -2.15. The van der Waals surface area contributed by atoms with Crippen molar-refractivity contribution >= 4 is 0 Å². The van der Waals surface area contributed by atoms with Crippen molar-refractivity contribution in [2.45, 2.75) is 51.7 Å². The molecule has 136 valence electrons. The molecular weight excluding hydrogens is 312 g/mol. The minimum Gasteiger partial charge on any atom is -0.491 e. The summed E-state index contributed by atoms with van der Waals surface area (Å²) in [4.78, 5) is 14.3. The average Bonchev–Trinajstić information content (AvgIpc) is 2.55. The maximum Gasteiger partial charge on any atom is 0.294 e. The van der Waals surface area contributed by atoms with E-state index < -0.39 is 11.2 Å². The van der Waals surface area contributed by atoms with E-state index in [1.807, 2.05) is 38.1 Å². The molecule has 2 N–H and O–H groups in total. The summed E-state index contributed by atoms with van der Waals surface area (Å²) in [6, 6.07) is 8.13. The van der Waals surface area contributed by atoms with Gasteiger partial charge >= 0.3 is 0 Å². The van der Waals surface area contributed by atoms with Crippen LogP contribution in [0.1, 0.15) is 38.7 Å². The Hall–Kier alpha value is -1.86. The number of benzene rings is 1. The van der Waals surface area contributed by atoms with E-state index in [9.17, 15) is 15.2 Å². The fourth-order valence-corrected chi connectivity index (χ4v) is 2.12. The Morgan fingerprint density at radius 3 is 2.54 bits per heavy atom. The van der Waals surface area contributed by atoms with Gasteiger partial charge in [0.2, 0.25) is 0 Å². The normalized spacial score (nSPS) is 12.2.